The fraction of sp³-hybridized carbons (Fsp3) is 0.115. The molecule has 0 saturated carbocycles. The number of nitrogens with zero attached hydrogens (tertiary/aromatic N) is 2. The van der Waals surface area contributed by atoms with Crippen molar-refractivity contribution in [1.82, 2.24) is 14.5 Å². The van der Waals surface area contributed by atoms with Gasteiger partial charge in [-0.2, -0.15) is 0 Å². The van der Waals surface area contributed by atoms with Crippen LogP contribution in [0, 0.1) is 13.8 Å². The Balaban J connectivity index is 1.67. The normalized spacial score (nSPS) is 11.4. The van der Waals surface area contributed by atoms with Crippen LogP contribution >= 0.6 is 23.4 Å². The maximum atomic E-state index is 13.7. The number of H-pyrrole nitrogens is 1. The van der Waals surface area contributed by atoms with Crippen LogP contribution in [0.2, 0.25) is 5.02 Å². The van der Waals surface area contributed by atoms with Crippen molar-refractivity contribution in [3.8, 4) is 5.69 Å². The van der Waals surface area contributed by atoms with E-state index in [2.05, 4.69) is 4.98 Å². The van der Waals surface area contributed by atoms with Crippen LogP contribution < -0.4 is 5.56 Å². The number of ketones is 1. The molecular formula is C26H20ClN3O2S. The Labute approximate surface area is 199 Å². The number of rotatable bonds is 5. The third-order valence-electron chi connectivity index (χ3n) is 5.60. The summed E-state index contributed by atoms with van der Waals surface area (Å²) in [6.07, 6.45) is 0. The van der Waals surface area contributed by atoms with E-state index in [0.29, 0.717) is 26.8 Å². The fourth-order valence-corrected chi connectivity index (χ4v) is 4.88. The Hall–Kier alpha value is -3.35. The molecule has 0 bridgehead atoms. The Kier molecular flexibility index (Phi) is 5.56. The van der Waals surface area contributed by atoms with Crippen LogP contribution in [0.3, 0.4) is 0 Å². The molecule has 1 N–H and O–H groups in total. The second kappa shape index (κ2) is 8.54. The van der Waals surface area contributed by atoms with Gasteiger partial charge in [0.2, 0.25) is 0 Å². The molecule has 0 aliphatic rings. The summed E-state index contributed by atoms with van der Waals surface area (Å²) < 4.78 is 1.61. The van der Waals surface area contributed by atoms with Crippen molar-refractivity contribution in [3.05, 3.63) is 98.8 Å². The second-order valence-corrected chi connectivity index (χ2v) is 9.32. The number of benzene rings is 3. The van der Waals surface area contributed by atoms with Gasteiger partial charge in [-0.1, -0.05) is 53.7 Å². The molecule has 0 aliphatic carbocycles. The lowest BCUT2D eigenvalue weighted by molar-refractivity contribution is 0.102. The predicted octanol–water partition coefficient (Wildman–Crippen LogP) is 6.11. The van der Waals surface area contributed by atoms with Gasteiger partial charge in [0.15, 0.2) is 10.9 Å². The Morgan fingerprint density at radius 2 is 1.82 bits per heavy atom. The molecular weight excluding hydrogens is 454 g/mol. The molecule has 2 heterocycles. The molecule has 5 rings (SSSR count). The number of para-hydroxylation sites is 1. The van der Waals surface area contributed by atoms with Gasteiger partial charge in [-0.3, -0.25) is 14.2 Å². The zero-order valence-corrected chi connectivity index (χ0v) is 19.6. The van der Waals surface area contributed by atoms with Crippen molar-refractivity contribution in [1.29, 1.82) is 0 Å². The number of aryl methyl sites for hydroxylation is 2. The first kappa shape index (κ1) is 21.5. The molecule has 0 radical (unpaired) electrons. The quantitative estimate of drug-likeness (QED) is 0.190. The first-order valence-corrected chi connectivity index (χ1v) is 11.8. The number of thioether (sulfide) groups is 1. The molecule has 0 unspecified atom stereocenters. The molecule has 7 heteroatoms. The zero-order valence-electron chi connectivity index (χ0n) is 18.1. The summed E-state index contributed by atoms with van der Waals surface area (Å²) in [7, 11) is 0. The summed E-state index contributed by atoms with van der Waals surface area (Å²) in [5, 5.41) is 1.94. The summed E-state index contributed by atoms with van der Waals surface area (Å²) in [4.78, 5) is 34.6. The van der Waals surface area contributed by atoms with E-state index in [1.54, 1.807) is 28.8 Å². The van der Waals surface area contributed by atoms with E-state index in [4.69, 9.17) is 16.6 Å². The highest BCUT2D eigenvalue weighted by atomic mass is 35.5. The first-order chi connectivity index (χ1) is 15.9. The average molecular weight is 474 g/mol. The molecule has 0 atom stereocenters. The topological polar surface area (TPSA) is 67.8 Å². The summed E-state index contributed by atoms with van der Waals surface area (Å²) in [6, 6.07) is 20.5. The fourth-order valence-electron chi connectivity index (χ4n) is 3.86. The van der Waals surface area contributed by atoms with E-state index in [1.807, 2.05) is 56.3 Å². The smallest absolute Gasteiger partial charge is 0.283 e. The third kappa shape index (κ3) is 3.96. The van der Waals surface area contributed by atoms with Crippen LogP contribution in [-0.2, 0) is 0 Å². The van der Waals surface area contributed by atoms with Crippen molar-refractivity contribution >= 4 is 51.1 Å². The molecule has 0 aliphatic heterocycles. The molecule has 0 saturated heterocycles. The summed E-state index contributed by atoms with van der Waals surface area (Å²) >= 11 is 7.21. The van der Waals surface area contributed by atoms with Gasteiger partial charge in [-0.15, -0.1) is 0 Å². The molecule has 33 heavy (non-hydrogen) atoms. The number of fused-ring (bicyclic) bond motifs is 3. The predicted molar refractivity (Wildman–Crippen MR) is 135 cm³/mol. The SMILES string of the molecule is Cc1ccc(C)c(-n2c(SCC(=O)c3ccc(Cl)cc3)nc3c([nH]c4ccccc43)c2=O)c1. The van der Waals surface area contributed by atoms with Crippen LogP contribution in [0.25, 0.3) is 27.6 Å². The molecule has 164 valence electrons. The van der Waals surface area contributed by atoms with Gasteiger partial charge in [-0.25, -0.2) is 4.98 Å². The Morgan fingerprint density at radius 1 is 1.06 bits per heavy atom. The lowest BCUT2D eigenvalue weighted by Gasteiger charge is -2.15. The van der Waals surface area contributed by atoms with E-state index in [0.717, 1.165) is 27.7 Å². The monoisotopic (exact) mass is 473 g/mol. The van der Waals surface area contributed by atoms with Crippen LogP contribution in [0.15, 0.2) is 76.7 Å². The van der Waals surface area contributed by atoms with Crippen molar-refractivity contribution < 1.29 is 4.79 Å². The Morgan fingerprint density at radius 3 is 2.61 bits per heavy atom. The van der Waals surface area contributed by atoms with Crippen LogP contribution in [0.5, 0.6) is 0 Å². The first-order valence-electron chi connectivity index (χ1n) is 10.4. The second-order valence-electron chi connectivity index (χ2n) is 7.94. The van der Waals surface area contributed by atoms with Gasteiger partial charge in [0.25, 0.3) is 5.56 Å². The molecule has 0 fully saturated rings. The van der Waals surface area contributed by atoms with E-state index in [9.17, 15) is 9.59 Å². The zero-order chi connectivity index (χ0) is 23.1. The molecule has 3 aromatic carbocycles. The Bertz CT molecular complexity index is 1590. The largest absolute Gasteiger partial charge is 0.349 e. The van der Waals surface area contributed by atoms with Crippen LogP contribution in [0.1, 0.15) is 21.5 Å². The number of hydrogen-bond donors (Lipinski definition) is 1. The molecule has 2 aromatic heterocycles. The summed E-state index contributed by atoms with van der Waals surface area (Å²) in [5.74, 6) is 0.0877. The highest BCUT2D eigenvalue weighted by molar-refractivity contribution is 7.99. The minimum Gasteiger partial charge on any atom is -0.349 e. The number of carbonyl (C=O) groups is 1. The van der Waals surface area contributed by atoms with Gasteiger partial charge in [0.05, 0.1) is 11.4 Å². The number of hydrogen-bond acceptors (Lipinski definition) is 4. The number of nitrogens with one attached hydrogen (secondary N) is 1. The van der Waals surface area contributed by atoms with Gasteiger partial charge >= 0.3 is 0 Å². The molecule has 5 aromatic rings. The van der Waals surface area contributed by atoms with Crippen molar-refractivity contribution in [2.75, 3.05) is 5.75 Å². The molecule has 5 nitrogen and oxygen atoms in total. The number of halogens is 1. The van der Waals surface area contributed by atoms with E-state index in [-0.39, 0.29) is 17.1 Å². The van der Waals surface area contributed by atoms with Gasteiger partial charge < -0.3 is 4.98 Å². The van der Waals surface area contributed by atoms with Crippen molar-refractivity contribution in [3.63, 3.8) is 0 Å². The number of aromatic nitrogens is 3. The van der Waals surface area contributed by atoms with Crippen LogP contribution in [-0.4, -0.2) is 26.1 Å². The minimum absolute atomic E-state index is 0.0579. The number of carbonyl (C=O) groups excluding carboxylic acids is 1. The minimum atomic E-state index is -0.189. The maximum absolute atomic E-state index is 13.7. The van der Waals surface area contributed by atoms with Gasteiger partial charge in [0, 0.05) is 21.5 Å². The van der Waals surface area contributed by atoms with E-state index < -0.39 is 0 Å². The van der Waals surface area contributed by atoms with Gasteiger partial charge in [0.1, 0.15) is 11.0 Å². The summed E-state index contributed by atoms with van der Waals surface area (Å²) in [5.41, 5.74) is 5.04. The highest BCUT2D eigenvalue weighted by Gasteiger charge is 2.19. The average Bonchev–Trinajstić information content (AvgIpc) is 3.19. The lowest BCUT2D eigenvalue weighted by Crippen LogP contribution is -2.23. The lowest BCUT2D eigenvalue weighted by atomic mass is 10.1. The number of aromatic amines is 1. The van der Waals surface area contributed by atoms with Crippen LogP contribution in [0.4, 0.5) is 0 Å². The van der Waals surface area contributed by atoms with Gasteiger partial charge in [-0.05, 0) is 61.4 Å². The van der Waals surface area contributed by atoms with E-state index in [1.165, 1.54) is 11.8 Å². The van der Waals surface area contributed by atoms with Crippen molar-refractivity contribution in [2.45, 2.75) is 19.0 Å². The maximum Gasteiger partial charge on any atom is 0.283 e. The van der Waals surface area contributed by atoms with Crippen molar-refractivity contribution in [2.24, 2.45) is 0 Å². The summed E-state index contributed by atoms with van der Waals surface area (Å²) in [6.45, 7) is 3.95. The third-order valence-corrected chi connectivity index (χ3v) is 6.79. The highest BCUT2D eigenvalue weighted by Crippen LogP contribution is 2.28. The standard InChI is InChI=1S/C26H20ClN3O2S/c1-15-7-8-16(2)21(13-15)30-25(32)24-23(19-5-3-4-6-20(19)28-24)29-26(30)33-14-22(31)17-9-11-18(27)12-10-17/h3-13,28H,14H2,1-2H3. The molecule has 0 spiro atoms. The van der Waals surface area contributed by atoms with E-state index >= 15 is 0 Å². The number of Topliss-reactive ketones (excluding diaryl/α,β-unsaturated/α-hetero) is 1. The molecule has 0 amide bonds.